The molecular weight excluding hydrogens is 638 g/mol. The Kier molecular flexibility index (Phi) is 14.1. The van der Waals surface area contributed by atoms with Gasteiger partial charge in [-0.1, -0.05) is 51.3 Å². The summed E-state index contributed by atoms with van der Waals surface area (Å²) in [6, 6.07) is -1.01. The van der Waals surface area contributed by atoms with Gasteiger partial charge in [0.25, 0.3) is 0 Å². The second kappa shape index (κ2) is 17.9. The van der Waals surface area contributed by atoms with Crippen molar-refractivity contribution in [2.45, 2.75) is 147 Å². The van der Waals surface area contributed by atoms with E-state index >= 15 is 0 Å². The molecule has 4 saturated heterocycles. The van der Waals surface area contributed by atoms with E-state index in [0.29, 0.717) is 19.3 Å². The summed E-state index contributed by atoms with van der Waals surface area (Å²) in [6.07, 6.45) is 8.76. The number of ketones is 1. The first-order valence-electron chi connectivity index (χ1n) is 19.6. The van der Waals surface area contributed by atoms with Crippen molar-refractivity contribution in [3.05, 3.63) is 23.8 Å². The zero-order valence-corrected chi connectivity index (χ0v) is 31.2. The van der Waals surface area contributed by atoms with E-state index in [1.807, 2.05) is 33.8 Å². The number of fused-ring (bicyclic) bond motifs is 4. The van der Waals surface area contributed by atoms with Crippen LogP contribution in [-0.2, 0) is 23.8 Å². The Morgan fingerprint density at radius 3 is 2.24 bits per heavy atom. The molecule has 4 N–H and O–H groups in total. The molecule has 4 bridgehead atoms. The predicted octanol–water partition coefficient (Wildman–Crippen LogP) is 3.55. The van der Waals surface area contributed by atoms with E-state index in [1.165, 1.54) is 12.8 Å². The molecule has 11 heteroatoms. The summed E-state index contributed by atoms with van der Waals surface area (Å²) in [6.45, 7) is 15.1. The number of nitrogens with zero attached hydrogens (tertiary/aromatic N) is 2. The quantitative estimate of drug-likeness (QED) is 0.302. The van der Waals surface area contributed by atoms with Crippen LogP contribution in [0.25, 0.3) is 0 Å². The molecule has 11 nitrogen and oxygen atoms in total. The van der Waals surface area contributed by atoms with Crippen LogP contribution >= 0.6 is 0 Å². The molecular formula is C39H65N3O8. The fourth-order valence-corrected chi connectivity index (χ4v) is 8.93. The number of hydrogen-bond donors (Lipinski definition) is 4. The van der Waals surface area contributed by atoms with Gasteiger partial charge in [-0.25, -0.2) is 0 Å². The van der Waals surface area contributed by atoms with Crippen molar-refractivity contribution in [3.63, 3.8) is 0 Å². The van der Waals surface area contributed by atoms with E-state index in [4.69, 9.17) is 14.2 Å². The molecule has 0 aromatic heterocycles. The maximum Gasteiger partial charge on any atom is 0.310 e. The third kappa shape index (κ3) is 9.83. The normalized spacial score (nSPS) is 43.6. The number of carbonyl (C=O) groups is 2. The number of aliphatic hydroxyl groups is 3. The van der Waals surface area contributed by atoms with Crippen LogP contribution in [0.15, 0.2) is 23.8 Å². The molecule has 0 spiro atoms. The van der Waals surface area contributed by atoms with E-state index in [-0.39, 0.29) is 23.5 Å². The second-order valence-corrected chi connectivity index (χ2v) is 16.0. The maximum atomic E-state index is 14.0. The Balaban J connectivity index is 1.52. The number of cyclic esters (lactones) is 1. The van der Waals surface area contributed by atoms with E-state index in [0.717, 1.165) is 70.5 Å². The second-order valence-electron chi connectivity index (χ2n) is 16.0. The van der Waals surface area contributed by atoms with Gasteiger partial charge in [-0.15, -0.1) is 0 Å². The van der Waals surface area contributed by atoms with Crippen molar-refractivity contribution in [3.8, 4) is 0 Å². The van der Waals surface area contributed by atoms with Crippen LogP contribution in [0, 0.1) is 23.7 Å². The first-order valence-corrected chi connectivity index (χ1v) is 19.6. The average Bonchev–Trinajstić information content (AvgIpc) is 3.10. The fraction of sp³-hybridized carbons (Fsp3) is 0.846. The summed E-state index contributed by atoms with van der Waals surface area (Å²) >= 11 is 0. The highest BCUT2D eigenvalue weighted by molar-refractivity contribution is 5.91. The predicted molar refractivity (Wildman–Crippen MR) is 191 cm³/mol. The lowest BCUT2D eigenvalue weighted by Gasteiger charge is -2.52. The molecule has 0 amide bonds. The Morgan fingerprint density at radius 2 is 1.58 bits per heavy atom. The number of piperidine rings is 2. The van der Waals surface area contributed by atoms with Gasteiger partial charge in [0.1, 0.15) is 17.9 Å². The highest BCUT2D eigenvalue weighted by atomic mass is 16.7. The standard InChI is InChI=1S/C39H65N3O8/c1-6-32-30(24-42-18-11-8-12-19-42)21-25(2)13-14-31(43)26(3)22-29(15-20-41-16-9-7-10-17-41)37-27(4)39(47,23-33(44)49-32)40-34-35(45)28(5)48-38(50-37)36(34)46/h13-14,21,26-30,32,34-38,40,45-47H,6-12,15-20,22-24H2,1-5H3/b14-13+,25-21+/t26-,27-,28+,29+,30-,32-,34-,35+,36+,37-,38+,39+/m1/s1. The fourth-order valence-electron chi connectivity index (χ4n) is 8.93. The molecule has 0 saturated carbocycles. The molecule has 0 aromatic carbocycles. The Morgan fingerprint density at radius 1 is 0.920 bits per heavy atom. The number of allylic oxidation sites excluding steroid dienone is 3. The maximum absolute atomic E-state index is 14.0. The minimum Gasteiger partial charge on any atom is -0.462 e. The van der Waals surface area contributed by atoms with Crippen LogP contribution < -0.4 is 5.32 Å². The Labute approximate surface area is 299 Å². The molecule has 12 atom stereocenters. The molecule has 50 heavy (non-hydrogen) atoms. The highest BCUT2D eigenvalue weighted by Crippen LogP contribution is 2.40. The minimum absolute atomic E-state index is 0.0245. The van der Waals surface area contributed by atoms with E-state index < -0.39 is 66.9 Å². The first kappa shape index (κ1) is 39.5. The van der Waals surface area contributed by atoms with E-state index in [9.17, 15) is 24.9 Å². The number of aliphatic hydroxyl groups excluding tert-OH is 2. The van der Waals surface area contributed by atoms with Gasteiger partial charge in [0.15, 0.2) is 12.1 Å². The van der Waals surface area contributed by atoms with Gasteiger partial charge in [0.05, 0.1) is 30.8 Å². The highest BCUT2D eigenvalue weighted by Gasteiger charge is 2.55. The number of ether oxygens (including phenoxy) is 3. The topological polar surface area (TPSA) is 141 Å². The van der Waals surface area contributed by atoms with Crippen molar-refractivity contribution in [2.75, 3.05) is 39.3 Å². The van der Waals surface area contributed by atoms with Crippen LogP contribution in [-0.4, -0.2) is 125 Å². The van der Waals surface area contributed by atoms with Crippen molar-refractivity contribution in [1.82, 2.24) is 15.1 Å². The van der Waals surface area contributed by atoms with Gasteiger partial charge >= 0.3 is 5.97 Å². The lowest BCUT2D eigenvalue weighted by atomic mass is 9.76. The van der Waals surface area contributed by atoms with Crippen molar-refractivity contribution in [1.29, 1.82) is 0 Å². The summed E-state index contributed by atoms with van der Waals surface area (Å²) in [5.74, 6) is -1.87. The van der Waals surface area contributed by atoms with Crippen LogP contribution in [0.3, 0.4) is 0 Å². The number of carbonyl (C=O) groups excluding carboxylic acids is 2. The molecule has 0 aromatic rings. The van der Waals surface area contributed by atoms with Crippen LogP contribution in [0.2, 0.25) is 0 Å². The van der Waals surface area contributed by atoms with Gasteiger partial charge in [-0.2, -0.15) is 0 Å². The molecule has 5 aliphatic rings. The summed E-state index contributed by atoms with van der Waals surface area (Å²) in [5, 5.41) is 38.4. The largest absolute Gasteiger partial charge is 0.462 e. The minimum atomic E-state index is -1.89. The lowest BCUT2D eigenvalue weighted by Crippen LogP contribution is -2.72. The zero-order valence-electron chi connectivity index (χ0n) is 31.2. The molecule has 284 valence electrons. The number of rotatable bonds is 6. The van der Waals surface area contributed by atoms with Crippen molar-refractivity contribution < 1.29 is 39.1 Å². The molecule has 5 aliphatic heterocycles. The van der Waals surface area contributed by atoms with Gasteiger partial charge in [0.2, 0.25) is 0 Å². The monoisotopic (exact) mass is 703 g/mol. The van der Waals surface area contributed by atoms with Gasteiger partial charge in [0, 0.05) is 24.3 Å². The van der Waals surface area contributed by atoms with Gasteiger partial charge in [-0.05, 0) is 104 Å². The summed E-state index contributed by atoms with van der Waals surface area (Å²) < 4.78 is 19.0. The van der Waals surface area contributed by atoms with Crippen LogP contribution in [0.4, 0.5) is 0 Å². The smallest absolute Gasteiger partial charge is 0.310 e. The molecule has 0 unspecified atom stereocenters. The first-order chi connectivity index (χ1) is 23.9. The number of esters is 1. The van der Waals surface area contributed by atoms with E-state index in [2.05, 4.69) is 21.2 Å². The van der Waals surface area contributed by atoms with E-state index in [1.54, 1.807) is 13.0 Å². The molecule has 4 fully saturated rings. The average molecular weight is 704 g/mol. The van der Waals surface area contributed by atoms with Crippen molar-refractivity contribution >= 4 is 11.8 Å². The molecule has 5 rings (SSSR count). The molecule has 5 heterocycles. The lowest BCUT2D eigenvalue weighted by molar-refractivity contribution is -0.320. The van der Waals surface area contributed by atoms with Crippen LogP contribution in [0.1, 0.15) is 98.8 Å². The van der Waals surface area contributed by atoms with Gasteiger partial charge in [-0.3, -0.25) is 14.9 Å². The number of hydrogen-bond acceptors (Lipinski definition) is 11. The molecule has 0 radical (unpaired) electrons. The van der Waals surface area contributed by atoms with Crippen molar-refractivity contribution in [2.24, 2.45) is 23.7 Å². The zero-order chi connectivity index (χ0) is 36.0. The Hall–Kier alpha value is -1.70. The third-order valence-corrected chi connectivity index (χ3v) is 12.2. The van der Waals surface area contributed by atoms with Gasteiger partial charge < -0.3 is 39.3 Å². The summed E-state index contributed by atoms with van der Waals surface area (Å²) in [4.78, 5) is 32.6. The summed E-state index contributed by atoms with van der Waals surface area (Å²) in [7, 11) is 0. The third-order valence-electron chi connectivity index (χ3n) is 12.2. The SMILES string of the molecule is CC[C@H]1OC(=O)C[C@@]2(O)N[C@H]3[C@H](O)[C@H](O[C@@H]([C@@H](CCN4CCCCC4)C[C@@H](C)C(=O)/C=C/C(C)=C/[C@@H]1CN1CCCCC1)[C@H]2C)O[C@@H](C)[C@@H]3O. The Bertz CT molecular complexity index is 1190. The number of nitrogens with one attached hydrogen (secondary N) is 1. The van der Waals surface area contributed by atoms with Crippen LogP contribution in [0.5, 0.6) is 0 Å². The molecule has 0 aliphatic carbocycles. The number of likely N-dealkylation sites (tertiary alicyclic amines) is 2. The summed E-state index contributed by atoms with van der Waals surface area (Å²) in [5.41, 5.74) is -0.948.